The highest BCUT2D eigenvalue weighted by molar-refractivity contribution is 4.86. The van der Waals surface area contributed by atoms with E-state index >= 15 is 0 Å². The van der Waals surface area contributed by atoms with E-state index in [-0.39, 0.29) is 0 Å². The van der Waals surface area contributed by atoms with Gasteiger partial charge in [0, 0.05) is 31.7 Å². The zero-order valence-corrected chi connectivity index (χ0v) is 10.4. The van der Waals surface area contributed by atoms with Gasteiger partial charge in [0.15, 0.2) is 0 Å². The average Bonchev–Trinajstić information content (AvgIpc) is 2.70. The van der Waals surface area contributed by atoms with E-state index in [4.69, 9.17) is 0 Å². The summed E-state index contributed by atoms with van der Waals surface area (Å²) < 4.78 is 0. The normalized spacial score (nSPS) is 35.2. The van der Waals surface area contributed by atoms with Crippen LogP contribution in [-0.2, 0) is 0 Å². The van der Waals surface area contributed by atoms with E-state index in [1.165, 1.54) is 39.0 Å². The van der Waals surface area contributed by atoms with Crippen molar-refractivity contribution in [2.24, 2.45) is 0 Å². The first-order chi connectivity index (χ1) is 7.18. The van der Waals surface area contributed by atoms with Crippen LogP contribution >= 0.6 is 0 Å². The fraction of sp³-hybridized carbons (Fsp3) is 1.00. The molecule has 88 valence electrons. The van der Waals surface area contributed by atoms with Crippen LogP contribution in [0.5, 0.6) is 0 Å². The van der Waals surface area contributed by atoms with E-state index in [1.807, 2.05) is 0 Å². The molecule has 0 amide bonds. The van der Waals surface area contributed by atoms with Gasteiger partial charge in [0.05, 0.1) is 6.17 Å². The van der Waals surface area contributed by atoms with Crippen molar-refractivity contribution in [2.45, 2.75) is 51.9 Å². The summed E-state index contributed by atoms with van der Waals surface area (Å²) in [4.78, 5) is 5.25. The Hall–Kier alpha value is -0.120. The maximum Gasteiger partial charge on any atom is 0.0600 e. The molecule has 2 rings (SSSR count). The van der Waals surface area contributed by atoms with Crippen molar-refractivity contribution in [1.82, 2.24) is 15.1 Å². The lowest BCUT2D eigenvalue weighted by atomic mass is 10.1. The number of piperazine rings is 1. The molecule has 1 N–H and O–H groups in total. The van der Waals surface area contributed by atoms with Crippen LogP contribution in [0.25, 0.3) is 0 Å². The van der Waals surface area contributed by atoms with Crippen molar-refractivity contribution in [2.75, 3.05) is 26.2 Å². The lowest BCUT2D eigenvalue weighted by molar-refractivity contribution is 0.0300. The second-order valence-electron chi connectivity index (χ2n) is 5.29. The first-order valence-electron chi connectivity index (χ1n) is 6.41. The minimum absolute atomic E-state index is 0.661. The van der Waals surface area contributed by atoms with Crippen LogP contribution in [0.1, 0.15) is 33.6 Å². The van der Waals surface area contributed by atoms with Gasteiger partial charge in [0.2, 0.25) is 0 Å². The molecular formula is C12H25N3. The number of hydrogen-bond acceptors (Lipinski definition) is 3. The van der Waals surface area contributed by atoms with E-state index in [2.05, 4.69) is 35.9 Å². The van der Waals surface area contributed by atoms with Crippen molar-refractivity contribution in [3.8, 4) is 0 Å². The first kappa shape index (κ1) is 11.4. The Balaban J connectivity index is 1.88. The topological polar surface area (TPSA) is 18.5 Å². The molecule has 0 bridgehead atoms. The van der Waals surface area contributed by atoms with Crippen LogP contribution in [0, 0.1) is 0 Å². The van der Waals surface area contributed by atoms with Crippen LogP contribution in [0.2, 0.25) is 0 Å². The summed E-state index contributed by atoms with van der Waals surface area (Å²) in [5.74, 6) is 0. The largest absolute Gasteiger partial charge is 0.302 e. The number of hydrogen-bond donors (Lipinski definition) is 1. The Labute approximate surface area is 93.8 Å². The molecule has 0 aromatic heterocycles. The highest BCUT2D eigenvalue weighted by Gasteiger charge is 2.31. The maximum atomic E-state index is 3.61. The molecule has 0 radical (unpaired) electrons. The van der Waals surface area contributed by atoms with Crippen molar-refractivity contribution in [3.63, 3.8) is 0 Å². The predicted octanol–water partition coefficient (Wildman–Crippen LogP) is 1.11. The maximum absolute atomic E-state index is 3.61. The molecule has 2 aliphatic heterocycles. The minimum Gasteiger partial charge on any atom is -0.302 e. The molecule has 0 spiro atoms. The number of rotatable bonds is 2. The van der Waals surface area contributed by atoms with E-state index in [1.54, 1.807) is 0 Å². The SMILES string of the molecule is CC(C)N1CCN(C2CCCN2)C(C)C1. The third-order valence-electron chi connectivity index (χ3n) is 3.88. The summed E-state index contributed by atoms with van der Waals surface area (Å²) in [6.45, 7) is 11.9. The molecule has 0 aromatic rings. The molecule has 2 atom stereocenters. The van der Waals surface area contributed by atoms with E-state index in [9.17, 15) is 0 Å². The van der Waals surface area contributed by atoms with Crippen molar-refractivity contribution in [3.05, 3.63) is 0 Å². The molecule has 2 saturated heterocycles. The van der Waals surface area contributed by atoms with Crippen LogP contribution in [0.15, 0.2) is 0 Å². The minimum atomic E-state index is 0.661. The highest BCUT2D eigenvalue weighted by atomic mass is 15.4. The predicted molar refractivity (Wildman–Crippen MR) is 63.9 cm³/mol. The summed E-state index contributed by atoms with van der Waals surface area (Å²) in [7, 11) is 0. The van der Waals surface area contributed by atoms with Gasteiger partial charge >= 0.3 is 0 Å². The van der Waals surface area contributed by atoms with Gasteiger partial charge in [-0.15, -0.1) is 0 Å². The van der Waals surface area contributed by atoms with Gasteiger partial charge in [0.1, 0.15) is 0 Å². The molecule has 0 aliphatic carbocycles. The van der Waals surface area contributed by atoms with Crippen molar-refractivity contribution >= 4 is 0 Å². The summed E-state index contributed by atoms with van der Waals surface area (Å²) >= 11 is 0. The molecule has 2 heterocycles. The third kappa shape index (κ3) is 2.52. The summed E-state index contributed by atoms with van der Waals surface area (Å²) in [5.41, 5.74) is 0. The smallest absolute Gasteiger partial charge is 0.0600 e. The van der Waals surface area contributed by atoms with Crippen molar-refractivity contribution < 1.29 is 0 Å². The Morgan fingerprint density at radius 2 is 2.07 bits per heavy atom. The van der Waals surface area contributed by atoms with E-state index in [0.29, 0.717) is 18.2 Å². The van der Waals surface area contributed by atoms with Crippen LogP contribution in [0.4, 0.5) is 0 Å². The van der Waals surface area contributed by atoms with Gasteiger partial charge in [-0.25, -0.2) is 0 Å². The second-order valence-corrected chi connectivity index (χ2v) is 5.29. The van der Waals surface area contributed by atoms with Gasteiger partial charge in [-0.1, -0.05) is 0 Å². The monoisotopic (exact) mass is 211 g/mol. The molecular weight excluding hydrogens is 186 g/mol. The van der Waals surface area contributed by atoms with Crippen molar-refractivity contribution in [1.29, 1.82) is 0 Å². The second kappa shape index (κ2) is 4.81. The molecule has 0 saturated carbocycles. The molecule has 2 unspecified atom stereocenters. The number of nitrogens with one attached hydrogen (secondary N) is 1. The molecule has 3 heteroatoms. The Morgan fingerprint density at radius 1 is 1.27 bits per heavy atom. The lowest BCUT2D eigenvalue weighted by Crippen LogP contribution is -2.58. The van der Waals surface area contributed by atoms with Crippen LogP contribution in [-0.4, -0.2) is 54.2 Å². The molecule has 15 heavy (non-hydrogen) atoms. The molecule has 0 aromatic carbocycles. The number of nitrogens with zero attached hydrogens (tertiary/aromatic N) is 2. The Kier molecular flexibility index (Phi) is 3.65. The Bertz CT molecular complexity index is 199. The van der Waals surface area contributed by atoms with Crippen LogP contribution < -0.4 is 5.32 Å². The highest BCUT2D eigenvalue weighted by Crippen LogP contribution is 2.18. The fourth-order valence-electron chi connectivity index (χ4n) is 2.88. The Morgan fingerprint density at radius 3 is 2.60 bits per heavy atom. The zero-order valence-electron chi connectivity index (χ0n) is 10.4. The first-order valence-corrected chi connectivity index (χ1v) is 6.41. The fourth-order valence-corrected chi connectivity index (χ4v) is 2.88. The van der Waals surface area contributed by atoms with Gasteiger partial charge in [-0.2, -0.15) is 0 Å². The summed E-state index contributed by atoms with van der Waals surface area (Å²) in [6.07, 6.45) is 3.35. The third-order valence-corrected chi connectivity index (χ3v) is 3.88. The van der Waals surface area contributed by atoms with Crippen LogP contribution in [0.3, 0.4) is 0 Å². The summed E-state index contributed by atoms with van der Waals surface area (Å²) in [5, 5.41) is 3.61. The quantitative estimate of drug-likeness (QED) is 0.738. The van der Waals surface area contributed by atoms with E-state index in [0.717, 1.165) is 0 Å². The summed E-state index contributed by atoms with van der Waals surface area (Å²) in [6, 6.07) is 1.41. The average molecular weight is 211 g/mol. The molecule has 2 fully saturated rings. The lowest BCUT2D eigenvalue weighted by Gasteiger charge is -2.44. The van der Waals surface area contributed by atoms with Gasteiger partial charge in [-0.05, 0) is 40.2 Å². The standard InChI is InChI=1S/C12H25N3/c1-10(2)14-7-8-15(11(3)9-14)12-5-4-6-13-12/h10-13H,4-9H2,1-3H3. The zero-order chi connectivity index (χ0) is 10.8. The van der Waals surface area contributed by atoms with Gasteiger partial charge < -0.3 is 5.32 Å². The van der Waals surface area contributed by atoms with Gasteiger partial charge in [0.25, 0.3) is 0 Å². The van der Waals surface area contributed by atoms with E-state index < -0.39 is 0 Å². The molecule has 3 nitrogen and oxygen atoms in total. The molecule has 2 aliphatic rings. The van der Waals surface area contributed by atoms with Gasteiger partial charge in [-0.3, -0.25) is 9.80 Å².